The molecule has 3 nitrogen and oxygen atoms in total. The van der Waals surface area contributed by atoms with Crippen molar-refractivity contribution < 1.29 is 9.47 Å². The maximum atomic E-state index is 5.91. The first-order chi connectivity index (χ1) is 8.20. The Morgan fingerprint density at radius 2 is 2.24 bits per heavy atom. The summed E-state index contributed by atoms with van der Waals surface area (Å²) in [7, 11) is 1.71. The number of rotatable bonds is 2. The van der Waals surface area contributed by atoms with E-state index < -0.39 is 0 Å². The summed E-state index contributed by atoms with van der Waals surface area (Å²) in [6, 6.07) is 6.76. The molecule has 0 aromatic heterocycles. The Morgan fingerprint density at radius 1 is 1.41 bits per heavy atom. The van der Waals surface area contributed by atoms with Crippen LogP contribution in [0.4, 0.5) is 0 Å². The lowest BCUT2D eigenvalue weighted by molar-refractivity contribution is 0.0646. The monoisotopic (exact) mass is 235 g/mol. The summed E-state index contributed by atoms with van der Waals surface area (Å²) in [6.45, 7) is 5.94. The summed E-state index contributed by atoms with van der Waals surface area (Å²) in [5.74, 6) is 0.914. The SMILES string of the molecule is COc1ccc(C)cc1C1CNC(C)CCO1. The summed E-state index contributed by atoms with van der Waals surface area (Å²) in [6.07, 6.45) is 1.15. The molecule has 17 heavy (non-hydrogen) atoms. The van der Waals surface area contributed by atoms with Gasteiger partial charge in [0, 0.05) is 24.8 Å². The van der Waals surface area contributed by atoms with E-state index in [4.69, 9.17) is 9.47 Å². The zero-order valence-corrected chi connectivity index (χ0v) is 10.8. The minimum absolute atomic E-state index is 0.0924. The Kier molecular flexibility index (Phi) is 4.02. The van der Waals surface area contributed by atoms with Gasteiger partial charge in [-0.2, -0.15) is 0 Å². The van der Waals surface area contributed by atoms with Crippen molar-refractivity contribution in [3.63, 3.8) is 0 Å². The van der Waals surface area contributed by atoms with Crippen LogP contribution in [0.25, 0.3) is 0 Å². The van der Waals surface area contributed by atoms with Crippen molar-refractivity contribution in [2.24, 2.45) is 0 Å². The van der Waals surface area contributed by atoms with Crippen molar-refractivity contribution >= 4 is 0 Å². The summed E-state index contributed by atoms with van der Waals surface area (Å²) >= 11 is 0. The Balaban J connectivity index is 2.22. The van der Waals surface area contributed by atoms with Gasteiger partial charge in [-0.1, -0.05) is 11.6 Å². The van der Waals surface area contributed by atoms with Gasteiger partial charge < -0.3 is 14.8 Å². The summed E-state index contributed by atoms with van der Waals surface area (Å²) in [5.41, 5.74) is 2.38. The van der Waals surface area contributed by atoms with Gasteiger partial charge in [-0.25, -0.2) is 0 Å². The van der Waals surface area contributed by atoms with Gasteiger partial charge in [0.05, 0.1) is 13.2 Å². The molecular weight excluding hydrogens is 214 g/mol. The number of hydrogen-bond donors (Lipinski definition) is 1. The summed E-state index contributed by atoms with van der Waals surface area (Å²) in [4.78, 5) is 0. The Labute approximate surface area is 103 Å². The largest absolute Gasteiger partial charge is 0.496 e. The average molecular weight is 235 g/mol. The molecule has 2 unspecified atom stereocenters. The second kappa shape index (κ2) is 5.52. The molecule has 0 amide bonds. The predicted molar refractivity (Wildman–Crippen MR) is 68.5 cm³/mol. The summed E-state index contributed by atoms with van der Waals surface area (Å²) < 4.78 is 11.3. The van der Waals surface area contributed by atoms with E-state index in [0.29, 0.717) is 6.04 Å². The topological polar surface area (TPSA) is 30.5 Å². The maximum absolute atomic E-state index is 5.91. The van der Waals surface area contributed by atoms with Crippen molar-refractivity contribution in [1.29, 1.82) is 0 Å². The first-order valence-electron chi connectivity index (χ1n) is 6.20. The first-order valence-corrected chi connectivity index (χ1v) is 6.20. The fourth-order valence-corrected chi connectivity index (χ4v) is 2.16. The molecule has 94 valence electrons. The van der Waals surface area contributed by atoms with Crippen LogP contribution < -0.4 is 10.1 Å². The average Bonchev–Trinajstić information content (AvgIpc) is 2.54. The zero-order chi connectivity index (χ0) is 12.3. The number of methoxy groups -OCH3 is 1. The van der Waals surface area contributed by atoms with Gasteiger partial charge in [0.2, 0.25) is 0 Å². The third-order valence-corrected chi connectivity index (χ3v) is 3.25. The van der Waals surface area contributed by atoms with Crippen molar-refractivity contribution in [2.75, 3.05) is 20.3 Å². The van der Waals surface area contributed by atoms with E-state index in [1.165, 1.54) is 5.56 Å². The molecule has 1 aliphatic heterocycles. The van der Waals surface area contributed by atoms with Crippen molar-refractivity contribution in [2.45, 2.75) is 32.4 Å². The van der Waals surface area contributed by atoms with Crippen LogP contribution in [0.2, 0.25) is 0 Å². The fourth-order valence-electron chi connectivity index (χ4n) is 2.16. The van der Waals surface area contributed by atoms with Crippen LogP contribution in [0.5, 0.6) is 5.75 Å². The third kappa shape index (κ3) is 2.99. The van der Waals surface area contributed by atoms with Gasteiger partial charge in [0.25, 0.3) is 0 Å². The molecule has 1 N–H and O–H groups in total. The van der Waals surface area contributed by atoms with Crippen molar-refractivity contribution in [1.82, 2.24) is 5.32 Å². The highest BCUT2D eigenvalue weighted by atomic mass is 16.5. The van der Waals surface area contributed by atoms with E-state index in [1.807, 2.05) is 6.07 Å². The van der Waals surface area contributed by atoms with Crippen LogP contribution in [0.3, 0.4) is 0 Å². The molecule has 1 fully saturated rings. The second-order valence-corrected chi connectivity index (χ2v) is 4.70. The standard InChI is InChI=1S/C14H21NO2/c1-10-4-5-13(16-3)12(8-10)14-9-15-11(2)6-7-17-14/h4-5,8,11,14-15H,6-7,9H2,1-3H3. The van der Waals surface area contributed by atoms with E-state index >= 15 is 0 Å². The number of benzene rings is 1. The lowest BCUT2D eigenvalue weighted by Gasteiger charge is -2.19. The molecule has 2 atom stereocenters. The molecule has 3 heteroatoms. The van der Waals surface area contributed by atoms with Crippen LogP contribution in [-0.2, 0) is 4.74 Å². The van der Waals surface area contributed by atoms with Crippen molar-refractivity contribution in [3.8, 4) is 5.75 Å². The van der Waals surface area contributed by atoms with Crippen LogP contribution >= 0.6 is 0 Å². The zero-order valence-electron chi connectivity index (χ0n) is 10.8. The highest BCUT2D eigenvalue weighted by Gasteiger charge is 2.20. The van der Waals surface area contributed by atoms with Gasteiger partial charge in [-0.05, 0) is 32.4 Å². The first kappa shape index (κ1) is 12.4. The minimum atomic E-state index is 0.0924. The lowest BCUT2D eigenvalue weighted by atomic mass is 10.0. The van der Waals surface area contributed by atoms with E-state index in [1.54, 1.807) is 7.11 Å². The Hall–Kier alpha value is -1.06. The Morgan fingerprint density at radius 3 is 3.00 bits per heavy atom. The third-order valence-electron chi connectivity index (χ3n) is 3.25. The van der Waals surface area contributed by atoms with Gasteiger partial charge in [-0.15, -0.1) is 0 Å². The molecule has 0 radical (unpaired) electrons. The predicted octanol–water partition coefficient (Wildman–Crippen LogP) is 2.44. The van der Waals surface area contributed by atoms with Gasteiger partial charge in [0.15, 0.2) is 0 Å². The van der Waals surface area contributed by atoms with Gasteiger partial charge >= 0.3 is 0 Å². The molecule has 1 saturated heterocycles. The van der Waals surface area contributed by atoms with Crippen LogP contribution in [0.15, 0.2) is 18.2 Å². The molecule has 2 rings (SSSR count). The van der Waals surface area contributed by atoms with Crippen LogP contribution in [0, 0.1) is 6.92 Å². The molecule has 1 aromatic rings. The van der Waals surface area contributed by atoms with Gasteiger partial charge in [0.1, 0.15) is 5.75 Å². The molecule has 1 aromatic carbocycles. The van der Waals surface area contributed by atoms with Crippen LogP contribution in [-0.4, -0.2) is 26.3 Å². The molecule has 0 spiro atoms. The molecule has 1 aliphatic rings. The van der Waals surface area contributed by atoms with E-state index in [0.717, 1.165) is 30.9 Å². The normalized spacial score (nSPS) is 25.4. The quantitative estimate of drug-likeness (QED) is 0.854. The highest BCUT2D eigenvalue weighted by Crippen LogP contribution is 2.29. The highest BCUT2D eigenvalue weighted by molar-refractivity contribution is 5.38. The maximum Gasteiger partial charge on any atom is 0.124 e. The number of ether oxygens (including phenoxy) is 2. The molecule has 0 saturated carbocycles. The number of nitrogens with one attached hydrogen (secondary N) is 1. The molecule has 0 bridgehead atoms. The number of aryl methyl sites for hydroxylation is 1. The second-order valence-electron chi connectivity index (χ2n) is 4.70. The van der Waals surface area contributed by atoms with Crippen molar-refractivity contribution in [3.05, 3.63) is 29.3 Å². The number of hydrogen-bond acceptors (Lipinski definition) is 3. The Bertz CT molecular complexity index is 378. The van der Waals surface area contributed by atoms with E-state index in [-0.39, 0.29) is 6.10 Å². The van der Waals surface area contributed by atoms with Crippen LogP contribution in [0.1, 0.15) is 30.6 Å². The fraction of sp³-hybridized carbons (Fsp3) is 0.571. The summed E-state index contributed by atoms with van der Waals surface area (Å²) in [5, 5.41) is 3.48. The molecular formula is C14H21NO2. The van der Waals surface area contributed by atoms with Gasteiger partial charge in [-0.3, -0.25) is 0 Å². The molecule has 1 heterocycles. The smallest absolute Gasteiger partial charge is 0.124 e. The van der Waals surface area contributed by atoms with E-state index in [9.17, 15) is 0 Å². The van der Waals surface area contributed by atoms with E-state index in [2.05, 4.69) is 31.3 Å². The minimum Gasteiger partial charge on any atom is -0.496 e. The molecule has 0 aliphatic carbocycles. The lowest BCUT2D eigenvalue weighted by Crippen LogP contribution is -2.27.